The zero-order valence-corrected chi connectivity index (χ0v) is 19.7. The molecule has 0 atom stereocenters. The Morgan fingerprint density at radius 2 is 1.76 bits per heavy atom. The maximum absolute atomic E-state index is 12.7. The number of benzene rings is 2. The number of imidazole rings is 1. The van der Waals surface area contributed by atoms with Crippen LogP contribution in [0, 0.1) is 0 Å². The van der Waals surface area contributed by atoms with Crippen molar-refractivity contribution in [3.05, 3.63) is 60.6 Å². The van der Waals surface area contributed by atoms with Crippen molar-refractivity contribution in [1.82, 2.24) is 14.5 Å². The van der Waals surface area contributed by atoms with Crippen molar-refractivity contribution < 1.29 is 19.1 Å². The van der Waals surface area contributed by atoms with Crippen molar-refractivity contribution in [3.63, 3.8) is 0 Å². The molecule has 176 valence electrons. The maximum atomic E-state index is 12.7. The van der Waals surface area contributed by atoms with Gasteiger partial charge in [0.15, 0.2) is 5.82 Å². The van der Waals surface area contributed by atoms with E-state index in [1.165, 1.54) is 4.57 Å². The molecule has 0 saturated carbocycles. The third-order valence-electron chi connectivity index (χ3n) is 4.99. The molecule has 0 saturated heterocycles. The van der Waals surface area contributed by atoms with Gasteiger partial charge in [0.1, 0.15) is 11.4 Å². The van der Waals surface area contributed by atoms with Crippen LogP contribution in [0.3, 0.4) is 0 Å². The number of rotatable bonds is 5. The van der Waals surface area contributed by atoms with E-state index in [-0.39, 0.29) is 11.6 Å². The molecule has 2 heterocycles. The highest BCUT2D eigenvalue weighted by Crippen LogP contribution is 2.28. The van der Waals surface area contributed by atoms with Crippen LogP contribution in [0.1, 0.15) is 31.4 Å². The van der Waals surface area contributed by atoms with Crippen LogP contribution in [-0.4, -0.2) is 39.2 Å². The largest absolute Gasteiger partial charge is 0.497 e. The Morgan fingerprint density at radius 1 is 1.03 bits per heavy atom. The molecule has 2 aromatic heterocycles. The van der Waals surface area contributed by atoms with E-state index in [1.807, 2.05) is 42.5 Å². The number of aromatic nitrogens is 3. The molecule has 4 rings (SSSR count). The van der Waals surface area contributed by atoms with Crippen molar-refractivity contribution in [3.8, 4) is 17.0 Å². The predicted molar refractivity (Wildman–Crippen MR) is 131 cm³/mol. The molecule has 0 spiro atoms. The van der Waals surface area contributed by atoms with Gasteiger partial charge in [-0.05, 0) is 62.7 Å². The maximum Gasteiger partial charge on any atom is 0.413 e. The molecule has 9 nitrogen and oxygen atoms in total. The minimum atomic E-state index is -0.636. The molecular weight excluding hydrogens is 434 g/mol. The average molecular weight is 462 g/mol. The van der Waals surface area contributed by atoms with E-state index in [0.717, 1.165) is 27.9 Å². The summed E-state index contributed by atoms with van der Waals surface area (Å²) in [5.41, 5.74) is 2.94. The number of nitrogens with zero attached hydrogens (tertiary/aromatic N) is 2. The molecule has 34 heavy (non-hydrogen) atoms. The van der Waals surface area contributed by atoms with E-state index in [0.29, 0.717) is 5.69 Å². The van der Waals surface area contributed by atoms with E-state index in [4.69, 9.17) is 9.47 Å². The molecule has 0 bridgehead atoms. The summed E-state index contributed by atoms with van der Waals surface area (Å²) in [6, 6.07) is 15.4. The number of aromatic amines is 1. The fourth-order valence-electron chi connectivity index (χ4n) is 3.46. The molecule has 0 radical (unpaired) electrons. The lowest BCUT2D eigenvalue weighted by Gasteiger charge is -2.18. The number of aryl methyl sites for hydroxylation is 1. The number of nitrogens with one attached hydrogen (secondary N) is 3. The quantitative estimate of drug-likeness (QED) is 0.379. The normalized spacial score (nSPS) is 11.3. The summed E-state index contributed by atoms with van der Waals surface area (Å²) in [6.07, 6.45) is 0.913. The van der Waals surface area contributed by atoms with Gasteiger partial charge in [0.05, 0.1) is 7.11 Å². The van der Waals surface area contributed by atoms with Gasteiger partial charge in [-0.3, -0.25) is 10.1 Å². The van der Waals surface area contributed by atoms with Crippen molar-refractivity contribution in [2.75, 3.05) is 17.7 Å². The first kappa shape index (κ1) is 22.9. The monoisotopic (exact) mass is 461 g/mol. The standard InChI is InChI=1S/C25H27N5O4/c1-25(2,3)34-24(32)29-21-14-30(4)22(28-21)23(31)26-17-8-6-15(7-9-17)20-13-16-12-18(33-5)10-11-19(16)27-20/h6-14,27H,1-5H3,(H,26,31)(H,29,32). The van der Waals surface area contributed by atoms with Crippen LogP contribution in [0.25, 0.3) is 22.2 Å². The van der Waals surface area contributed by atoms with Crippen LogP contribution in [0.4, 0.5) is 16.3 Å². The highest BCUT2D eigenvalue weighted by atomic mass is 16.6. The van der Waals surface area contributed by atoms with E-state index >= 15 is 0 Å². The second-order valence-corrected chi connectivity index (χ2v) is 8.86. The lowest BCUT2D eigenvalue weighted by molar-refractivity contribution is 0.0635. The zero-order chi connectivity index (χ0) is 24.5. The third-order valence-corrected chi connectivity index (χ3v) is 4.99. The average Bonchev–Trinajstić information content (AvgIpc) is 3.35. The first-order chi connectivity index (χ1) is 16.1. The molecule has 4 aromatic rings. The minimum absolute atomic E-state index is 0.152. The number of amides is 2. The molecule has 2 amide bonds. The first-order valence-electron chi connectivity index (χ1n) is 10.7. The topological polar surface area (TPSA) is 110 Å². The van der Waals surface area contributed by atoms with Crippen molar-refractivity contribution in [2.45, 2.75) is 26.4 Å². The van der Waals surface area contributed by atoms with Crippen LogP contribution in [0.15, 0.2) is 54.7 Å². The highest BCUT2D eigenvalue weighted by molar-refractivity contribution is 6.02. The smallest absolute Gasteiger partial charge is 0.413 e. The molecule has 0 unspecified atom stereocenters. The zero-order valence-electron chi connectivity index (χ0n) is 19.7. The van der Waals surface area contributed by atoms with Crippen LogP contribution >= 0.6 is 0 Å². The van der Waals surface area contributed by atoms with Gasteiger partial charge in [0.25, 0.3) is 5.91 Å². The van der Waals surface area contributed by atoms with Gasteiger partial charge >= 0.3 is 6.09 Å². The predicted octanol–water partition coefficient (Wildman–Crippen LogP) is 5.18. The number of carbonyl (C=O) groups excluding carboxylic acids is 2. The second kappa shape index (κ2) is 8.93. The molecule has 3 N–H and O–H groups in total. The van der Waals surface area contributed by atoms with Crippen molar-refractivity contribution >= 4 is 34.4 Å². The van der Waals surface area contributed by atoms with Crippen LogP contribution < -0.4 is 15.4 Å². The lowest BCUT2D eigenvalue weighted by atomic mass is 10.1. The summed E-state index contributed by atoms with van der Waals surface area (Å²) >= 11 is 0. The fourth-order valence-corrected chi connectivity index (χ4v) is 3.46. The first-order valence-corrected chi connectivity index (χ1v) is 10.7. The SMILES string of the molecule is COc1ccc2[nH]c(-c3ccc(NC(=O)c4nc(NC(=O)OC(C)(C)C)cn4C)cc3)cc2c1. The summed E-state index contributed by atoms with van der Waals surface area (Å²) in [5, 5.41) is 6.42. The Morgan fingerprint density at radius 3 is 2.44 bits per heavy atom. The third kappa shape index (κ3) is 5.20. The second-order valence-electron chi connectivity index (χ2n) is 8.86. The summed E-state index contributed by atoms with van der Waals surface area (Å²) in [4.78, 5) is 32.3. The molecule has 0 fully saturated rings. The summed E-state index contributed by atoms with van der Waals surface area (Å²) in [7, 11) is 3.32. The van der Waals surface area contributed by atoms with Gasteiger partial charge in [0.2, 0.25) is 5.82 Å². The molecule has 0 aliphatic carbocycles. The Kier molecular flexibility index (Phi) is 6.02. The molecular formula is C25H27N5O4. The van der Waals surface area contributed by atoms with E-state index in [2.05, 4.69) is 26.7 Å². The number of anilines is 2. The minimum Gasteiger partial charge on any atom is -0.497 e. The Bertz CT molecular complexity index is 1350. The van der Waals surface area contributed by atoms with E-state index < -0.39 is 17.6 Å². The Labute approximate surface area is 197 Å². The van der Waals surface area contributed by atoms with Gasteiger partial charge in [-0.1, -0.05) is 12.1 Å². The number of fused-ring (bicyclic) bond motifs is 1. The lowest BCUT2D eigenvalue weighted by Crippen LogP contribution is -2.27. The van der Waals surface area contributed by atoms with Gasteiger partial charge in [-0.25, -0.2) is 9.78 Å². The Hall–Kier alpha value is -4.27. The van der Waals surface area contributed by atoms with Crippen molar-refractivity contribution in [1.29, 1.82) is 0 Å². The van der Waals surface area contributed by atoms with Gasteiger partial charge in [-0.15, -0.1) is 0 Å². The number of ether oxygens (including phenoxy) is 2. The molecule has 0 aliphatic heterocycles. The van der Waals surface area contributed by atoms with Gasteiger partial charge in [0, 0.05) is 35.5 Å². The fraction of sp³-hybridized carbons (Fsp3) is 0.240. The van der Waals surface area contributed by atoms with Crippen LogP contribution in [0.5, 0.6) is 5.75 Å². The molecule has 9 heteroatoms. The van der Waals surface area contributed by atoms with E-state index in [9.17, 15) is 9.59 Å². The van der Waals surface area contributed by atoms with Crippen molar-refractivity contribution in [2.24, 2.45) is 7.05 Å². The number of methoxy groups -OCH3 is 1. The number of carbonyl (C=O) groups is 2. The molecule has 0 aliphatic rings. The number of hydrogen-bond donors (Lipinski definition) is 3. The number of hydrogen-bond acceptors (Lipinski definition) is 5. The summed E-state index contributed by atoms with van der Waals surface area (Å²) in [5.74, 6) is 0.785. The summed E-state index contributed by atoms with van der Waals surface area (Å²) < 4.78 is 12.0. The van der Waals surface area contributed by atoms with Gasteiger partial charge < -0.3 is 24.3 Å². The van der Waals surface area contributed by atoms with Crippen LogP contribution in [0.2, 0.25) is 0 Å². The van der Waals surface area contributed by atoms with Gasteiger partial charge in [-0.2, -0.15) is 0 Å². The molecule has 2 aromatic carbocycles. The number of H-pyrrole nitrogens is 1. The highest BCUT2D eigenvalue weighted by Gasteiger charge is 2.19. The van der Waals surface area contributed by atoms with Crippen LogP contribution in [-0.2, 0) is 11.8 Å². The Balaban J connectivity index is 1.44. The summed E-state index contributed by atoms with van der Waals surface area (Å²) in [6.45, 7) is 5.30. The van der Waals surface area contributed by atoms with E-state index in [1.54, 1.807) is 41.1 Å².